The maximum absolute atomic E-state index is 13.8. The summed E-state index contributed by atoms with van der Waals surface area (Å²) in [5.74, 6) is -1.16. The van der Waals surface area contributed by atoms with Gasteiger partial charge in [0.2, 0.25) is 0 Å². The second-order valence-corrected chi connectivity index (χ2v) is 8.21. The van der Waals surface area contributed by atoms with Gasteiger partial charge in [-0.1, -0.05) is 12.1 Å². The van der Waals surface area contributed by atoms with Crippen molar-refractivity contribution >= 4 is 11.6 Å². The van der Waals surface area contributed by atoms with Gasteiger partial charge in [-0.2, -0.15) is 18.3 Å². The predicted octanol–water partition coefficient (Wildman–Crippen LogP) is 5.84. The van der Waals surface area contributed by atoms with Crippen LogP contribution in [0.15, 0.2) is 85.2 Å². The van der Waals surface area contributed by atoms with Crippen LogP contribution < -0.4 is 5.32 Å². The van der Waals surface area contributed by atoms with Crippen molar-refractivity contribution in [2.45, 2.75) is 19.1 Å². The van der Waals surface area contributed by atoms with Crippen molar-refractivity contribution < 1.29 is 22.4 Å². The van der Waals surface area contributed by atoms with Gasteiger partial charge in [-0.05, 0) is 67.1 Å². The molecule has 0 fully saturated rings. The molecule has 0 aliphatic carbocycles. The summed E-state index contributed by atoms with van der Waals surface area (Å²) >= 11 is 0. The smallest absolute Gasteiger partial charge is 0.344 e. The Morgan fingerprint density at radius 3 is 2.39 bits per heavy atom. The molecule has 36 heavy (non-hydrogen) atoms. The van der Waals surface area contributed by atoms with E-state index in [4.69, 9.17) is 0 Å². The lowest BCUT2D eigenvalue weighted by atomic mass is 10.1. The summed E-state index contributed by atoms with van der Waals surface area (Å²) < 4.78 is 57.3. The molecular formula is C26H19F4N5O. The van der Waals surface area contributed by atoms with Crippen LogP contribution in [0.4, 0.5) is 17.6 Å². The number of nitrogens with zero attached hydrogens (tertiary/aromatic N) is 4. The first-order valence-electron chi connectivity index (χ1n) is 11.0. The molecule has 0 saturated heterocycles. The van der Waals surface area contributed by atoms with Crippen LogP contribution in [0.3, 0.4) is 0 Å². The highest BCUT2D eigenvalue weighted by atomic mass is 19.4. The van der Waals surface area contributed by atoms with Gasteiger partial charge in [0.05, 0.1) is 11.7 Å². The van der Waals surface area contributed by atoms with E-state index in [1.165, 1.54) is 18.2 Å². The minimum atomic E-state index is -4.76. The Labute approximate surface area is 202 Å². The van der Waals surface area contributed by atoms with E-state index < -0.39 is 29.6 Å². The Hall–Kier alpha value is -4.47. The van der Waals surface area contributed by atoms with Crippen LogP contribution in [0, 0.1) is 5.82 Å². The maximum Gasteiger partial charge on any atom is 0.433 e. The standard InChI is InChI=1S/C26H19F4N5O/c1-16(18-5-4-6-20(13-18)34-11-2-3-12-34)31-25(36)22-15-24-32-21(17-7-9-19(27)10-8-17)14-23(26(28,29)30)35(24)33-22/h2-16H,1H3,(H,31,36). The number of aromatic nitrogens is 4. The normalized spacial score (nSPS) is 12.6. The molecule has 0 radical (unpaired) electrons. The largest absolute Gasteiger partial charge is 0.433 e. The second kappa shape index (κ2) is 8.95. The zero-order chi connectivity index (χ0) is 25.4. The topological polar surface area (TPSA) is 64.2 Å². The third-order valence-corrected chi connectivity index (χ3v) is 5.71. The molecule has 0 spiro atoms. The number of fused-ring (bicyclic) bond motifs is 1. The summed E-state index contributed by atoms with van der Waals surface area (Å²) in [6, 6.07) is 17.8. The Morgan fingerprint density at radius 1 is 0.972 bits per heavy atom. The van der Waals surface area contributed by atoms with Crippen molar-refractivity contribution in [2.24, 2.45) is 0 Å². The minimum Gasteiger partial charge on any atom is -0.344 e. The number of benzene rings is 2. The first-order chi connectivity index (χ1) is 17.2. The van der Waals surface area contributed by atoms with Crippen molar-refractivity contribution in [3.8, 4) is 16.9 Å². The van der Waals surface area contributed by atoms with Gasteiger partial charge in [-0.25, -0.2) is 13.9 Å². The highest BCUT2D eigenvalue weighted by molar-refractivity contribution is 5.93. The summed E-state index contributed by atoms with van der Waals surface area (Å²) in [5.41, 5.74) is 0.530. The van der Waals surface area contributed by atoms with Crippen LogP contribution in [0.25, 0.3) is 22.6 Å². The molecule has 2 aromatic carbocycles. The van der Waals surface area contributed by atoms with Gasteiger partial charge in [0.1, 0.15) is 5.82 Å². The molecule has 5 rings (SSSR count). The number of alkyl halides is 3. The molecule has 182 valence electrons. The van der Waals surface area contributed by atoms with Gasteiger partial charge >= 0.3 is 6.18 Å². The van der Waals surface area contributed by atoms with Gasteiger partial charge < -0.3 is 9.88 Å². The van der Waals surface area contributed by atoms with Crippen molar-refractivity contribution in [2.75, 3.05) is 0 Å². The Balaban J connectivity index is 1.46. The third-order valence-electron chi connectivity index (χ3n) is 5.71. The van der Waals surface area contributed by atoms with E-state index >= 15 is 0 Å². The lowest BCUT2D eigenvalue weighted by Crippen LogP contribution is -2.27. The van der Waals surface area contributed by atoms with E-state index in [2.05, 4.69) is 15.4 Å². The molecule has 6 nitrogen and oxygen atoms in total. The van der Waals surface area contributed by atoms with Crippen molar-refractivity contribution in [1.29, 1.82) is 0 Å². The summed E-state index contributed by atoms with van der Waals surface area (Å²) in [4.78, 5) is 17.1. The van der Waals surface area contributed by atoms with Gasteiger partial charge in [0, 0.05) is 29.7 Å². The lowest BCUT2D eigenvalue weighted by molar-refractivity contribution is -0.142. The van der Waals surface area contributed by atoms with Gasteiger partial charge in [-0.3, -0.25) is 4.79 Å². The van der Waals surface area contributed by atoms with Crippen molar-refractivity contribution in [3.05, 3.63) is 108 Å². The van der Waals surface area contributed by atoms with Crippen LogP contribution in [0.1, 0.15) is 34.7 Å². The molecule has 5 aromatic rings. The molecule has 1 unspecified atom stereocenters. The molecule has 1 amide bonds. The Bertz CT molecular complexity index is 1540. The van der Waals surface area contributed by atoms with Crippen LogP contribution in [0.5, 0.6) is 0 Å². The zero-order valence-electron chi connectivity index (χ0n) is 18.9. The second-order valence-electron chi connectivity index (χ2n) is 8.21. The molecule has 10 heteroatoms. The molecule has 1 atom stereocenters. The Morgan fingerprint density at radius 2 is 1.69 bits per heavy atom. The van der Waals surface area contributed by atoms with Gasteiger partial charge in [0.15, 0.2) is 17.0 Å². The molecular weight excluding hydrogens is 474 g/mol. The predicted molar refractivity (Wildman–Crippen MR) is 125 cm³/mol. The molecule has 0 bridgehead atoms. The van der Waals surface area contributed by atoms with Crippen molar-refractivity contribution in [3.63, 3.8) is 0 Å². The van der Waals surface area contributed by atoms with Crippen LogP contribution in [-0.2, 0) is 6.18 Å². The highest BCUT2D eigenvalue weighted by Gasteiger charge is 2.35. The molecule has 0 aliphatic heterocycles. The fourth-order valence-corrected chi connectivity index (χ4v) is 3.87. The number of rotatable bonds is 5. The number of halogens is 4. The number of hydrogen-bond donors (Lipinski definition) is 1. The Kier molecular flexibility index (Phi) is 5.79. The van der Waals surface area contributed by atoms with E-state index in [9.17, 15) is 22.4 Å². The van der Waals surface area contributed by atoms with Crippen LogP contribution >= 0.6 is 0 Å². The highest BCUT2D eigenvalue weighted by Crippen LogP contribution is 2.32. The zero-order valence-corrected chi connectivity index (χ0v) is 18.9. The molecule has 0 saturated carbocycles. The summed E-state index contributed by atoms with van der Waals surface area (Å²) in [7, 11) is 0. The van der Waals surface area contributed by atoms with E-state index in [0.717, 1.165) is 29.4 Å². The van der Waals surface area contributed by atoms with Gasteiger partial charge in [0.25, 0.3) is 5.91 Å². The van der Waals surface area contributed by atoms with E-state index in [1.807, 2.05) is 53.4 Å². The minimum absolute atomic E-state index is 0.0168. The SMILES string of the molecule is CC(NC(=O)c1cc2nc(-c3ccc(F)cc3)cc(C(F)(F)F)n2n1)c1cccc(-n2cccc2)c1. The fourth-order valence-electron chi connectivity index (χ4n) is 3.87. The summed E-state index contributed by atoms with van der Waals surface area (Å²) in [6.07, 6.45) is -0.975. The fraction of sp³-hybridized carbons (Fsp3) is 0.115. The maximum atomic E-state index is 13.8. The third kappa shape index (κ3) is 4.57. The van der Waals surface area contributed by atoms with E-state index in [-0.39, 0.29) is 17.0 Å². The lowest BCUT2D eigenvalue weighted by Gasteiger charge is -2.15. The number of nitrogens with one attached hydrogen (secondary N) is 1. The molecule has 3 aromatic heterocycles. The number of carbonyl (C=O) groups is 1. The first kappa shape index (κ1) is 23.3. The molecule has 1 N–H and O–H groups in total. The molecule has 0 aliphatic rings. The molecule has 3 heterocycles. The van der Waals surface area contributed by atoms with Crippen LogP contribution in [0.2, 0.25) is 0 Å². The summed E-state index contributed by atoms with van der Waals surface area (Å²) in [6.45, 7) is 1.77. The number of hydrogen-bond acceptors (Lipinski definition) is 3. The van der Waals surface area contributed by atoms with Gasteiger partial charge in [-0.15, -0.1) is 0 Å². The van der Waals surface area contributed by atoms with E-state index in [0.29, 0.717) is 10.1 Å². The average Bonchev–Trinajstić information content (AvgIpc) is 3.54. The quantitative estimate of drug-likeness (QED) is 0.313. The summed E-state index contributed by atoms with van der Waals surface area (Å²) in [5, 5.41) is 6.67. The average molecular weight is 493 g/mol. The number of carbonyl (C=O) groups excluding carboxylic acids is 1. The monoisotopic (exact) mass is 493 g/mol. The van der Waals surface area contributed by atoms with E-state index in [1.54, 1.807) is 6.92 Å². The number of amides is 1. The first-order valence-corrected chi connectivity index (χ1v) is 11.0. The van der Waals surface area contributed by atoms with Crippen molar-refractivity contribution in [1.82, 2.24) is 24.5 Å². The van der Waals surface area contributed by atoms with Crippen LogP contribution in [-0.4, -0.2) is 25.1 Å².